The van der Waals surface area contributed by atoms with Crippen molar-refractivity contribution >= 4 is 29.4 Å². The Bertz CT molecular complexity index is 668. The van der Waals surface area contributed by atoms with Gasteiger partial charge < -0.3 is 10.1 Å². The molecule has 0 saturated carbocycles. The van der Waals surface area contributed by atoms with Crippen molar-refractivity contribution in [3.8, 4) is 5.75 Å². The molecule has 2 rings (SSSR count). The average Bonchev–Trinajstić information content (AvgIpc) is 3.07. The van der Waals surface area contributed by atoms with E-state index >= 15 is 0 Å². The third kappa shape index (κ3) is 4.42. The molecule has 0 aliphatic heterocycles. The number of para-hydroxylation sites is 1. The van der Waals surface area contributed by atoms with Crippen LogP contribution in [0.15, 0.2) is 46.9 Å². The number of rotatable bonds is 6. The topological polar surface area (TPSA) is 79.8 Å². The predicted octanol–water partition coefficient (Wildman–Crippen LogP) is 1.64. The van der Waals surface area contributed by atoms with Crippen LogP contribution in [0, 0.1) is 0 Å². The Morgan fingerprint density at radius 2 is 2.09 bits per heavy atom. The number of carbonyl (C=O) groups excluding carboxylic acids is 2. The van der Waals surface area contributed by atoms with Crippen LogP contribution >= 0.6 is 11.3 Å². The van der Waals surface area contributed by atoms with Crippen molar-refractivity contribution in [2.45, 2.75) is 0 Å². The molecule has 6 nitrogen and oxygen atoms in total. The lowest BCUT2D eigenvalue weighted by Gasteiger charge is -2.04. The Labute approximate surface area is 131 Å². The summed E-state index contributed by atoms with van der Waals surface area (Å²) < 4.78 is 5.16. The van der Waals surface area contributed by atoms with Crippen LogP contribution in [0.3, 0.4) is 0 Å². The van der Waals surface area contributed by atoms with Crippen molar-refractivity contribution in [1.29, 1.82) is 0 Å². The minimum atomic E-state index is -0.406. The van der Waals surface area contributed by atoms with Crippen molar-refractivity contribution in [3.05, 3.63) is 52.2 Å². The monoisotopic (exact) mass is 317 g/mol. The van der Waals surface area contributed by atoms with Gasteiger partial charge in [0.1, 0.15) is 5.75 Å². The largest absolute Gasteiger partial charge is 0.496 e. The van der Waals surface area contributed by atoms with Crippen molar-refractivity contribution in [1.82, 2.24) is 10.7 Å². The summed E-state index contributed by atoms with van der Waals surface area (Å²) in [6, 6.07) is 10.8. The van der Waals surface area contributed by atoms with Gasteiger partial charge in [-0.3, -0.25) is 9.59 Å². The van der Waals surface area contributed by atoms with Crippen LogP contribution in [-0.4, -0.2) is 31.7 Å². The number of thiophene rings is 1. The van der Waals surface area contributed by atoms with Crippen LogP contribution in [0.1, 0.15) is 15.2 Å². The Kier molecular flexibility index (Phi) is 5.67. The molecule has 2 amide bonds. The van der Waals surface area contributed by atoms with E-state index < -0.39 is 5.91 Å². The van der Waals surface area contributed by atoms with Crippen molar-refractivity contribution in [3.63, 3.8) is 0 Å². The van der Waals surface area contributed by atoms with Gasteiger partial charge in [-0.05, 0) is 23.6 Å². The normalized spacial score (nSPS) is 10.4. The summed E-state index contributed by atoms with van der Waals surface area (Å²) in [6.45, 7) is -0.139. The quantitative estimate of drug-likeness (QED) is 0.628. The fourth-order valence-corrected chi connectivity index (χ4v) is 2.28. The second kappa shape index (κ2) is 7.94. The molecule has 7 heteroatoms. The fourth-order valence-electron chi connectivity index (χ4n) is 1.64. The number of ether oxygens (including phenoxy) is 1. The van der Waals surface area contributed by atoms with Crippen molar-refractivity contribution < 1.29 is 14.3 Å². The molecule has 0 saturated heterocycles. The Morgan fingerprint density at radius 3 is 2.82 bits per heavy atom. The molecule has 1 aromatic carbocycles. The lowest BCUT2D eigenvalue weighted by Crippen LogP contribution is -2.34. The van der Waals surface area contributed by atoms with Gasteiger partial charge in [-0.25, -0.2) is 5.43 Å². The van der Waals surface area contributed by atoms with Gasteiger partial charge in [-0.15, -0.1) is 11.3 Å². The van der Waals surface area contributed by atoms with Crippen molar-refractivity contribution in [2.24, 2.45) is 5.10 Å². The van der Waals surface area contributed by atoms with Gasteiger partial charge in [0, 0.05) is 5.56 Å². The first-order valence-corrected chi connectivity index (χ1v) is 7.35. The second-order valence-electron chi connectivity index (χ2n) is 4.20. The van der Waals surface area contributed by atoms with E-state index in [1.807, 2.05) is 18.2 Å². The predicted molar refractivity (Wildman–Crippen MR) is 85.4 cm³/mol. The zero-order valence-corrected chi connectivity index (χ0v) is 12.7. The van der Waals surface area contributed by atoms with E-state index in [0.717, 1.165) is 5.56 Å². The second-order valence-corrected chi connectivity index (χ2v) is 5.14. The van der Waals surface area contributed by atoms with E-state index in [-0.39, 0.29) is 12.5 Å². The molecule has 0 aliphatic carbocycles. The Balaban J connectivity index is 1.80. The molecule has 0 aliphatic rings. The third-order valence-electron chi connectivity index (χ3n) is 2.69. The van der Waals surface area contributed by atoms with Gasteiger partial charge in [0.25, 0.3) is 11.8 Å². The van der Waals surface area contributed by atoms with Crippen LogP contribution in [-0.2, 0) is 4.79 Å². The highest BCUT2D eigenvalue weighted by Gasteiger charge is 2.07. The number of hydrogen-bond donors (Lipinski definition) is 2. The summed E-state index contributed by atoms with van der Waals surface area (Å²) in [5.74, 6) is -0.0265. The number of carbonyl (C=O) groups is 2. The molecule has 114 valence electrons. The fraction of sp³-hybridized carbons (Fsp3) is 0.133. The molecule has 22 heavy (non-hydrogen) atoms. The Morgan fingerprint density at radius 1 is 1.27 bits per heavy atom. The minimum absolute atomic E-state index is 0.139. The standard InChI is InChI=1S/C15H15N3O3S/c1-21-12-6-3-2-5-11(12)9-17-18-14(19)10-16-15(20)13-7-4-8-22-13/h2-9H,10H2,1H3,(H,16,20)(H,18,19)/b17-9+. The van der Waals surface area contributed by atoms with E-state index in [1.54, 1.807) is 30.7 Å². The smallest absolute Gasteiger partial charge is 0.261 e. The molecule has 1 heterocycles. The molecule has 0 unspecified atom stereocenters. The van der Waals surface area contributed by atoms with E-state index in [4.69, 9.17) is 4.74 Å². The zero-order valence-electron chi connectivity index (χ0n) is 11.9. The van der Waals surface area contributed by atoms with Gasteiger partial charge in [0.2, 0.25) is 0 Å². The van der Waals surface area contributed by atoms with E-state index in [9.17, 15) is 9.59 Å². The summed E-state index contributed by atoms with van der Waals surface area (Å²) in [7, 11) is 1.56. The molecular formula is C15H15N3O3S. The van der Waals surface area contributed by atoms with E-state index in [0.29, 0.717) is 10.6 Å². The highest BCUT2D eigenvalue weighted by molar-refractivity contribution is 7.12. The molecule has 0 radical (unpaired) electrons. The maximum absolute atomic E-state index is 11.7. The lowest BCUT2D eigenvalue weighted by atomic mass is 10.2. The van der Waals surface area contributed by atoms with Gasteiger partial charge in [-0.2, -0.15) is 5.10 Å². The zero-order chi connectivity index (χ0) is 15.8. The number of methoxy groups -OCH3 is 1. The van der Waals surface area contributed by atoms with E-state index in [1.165, 1.54) is 17.6 Å². The summed E-state index contributed by atoms with van der Waals surface area (Å²) in [5, 5.41) is 8.15. The molecule has 0 bridgehead atoms. The molecule has 2 aromatic rings. The number of amides is 2. The highest BCUT2D eigenvalue weighted by atomic mass is 32.1. The molecule has 0 atom stereocenters. The number of nitrogens with zero attached hydrogens (tertiary/aromatic N) is 1. The van der Waals surface area contributed by atoms with Crippen LogP contribution in [0.4, 0.5) is 0 Å². The number of benzene rings is 1. The van der Waals surface area contributed by atoms with E-state index in [2.05, 4.69) is 15.8 Å². The van der Waals surface area contributed by atoms with Crippen LogP contribution in [0.5, 0.6) is 5.75 Å². The molecule has 1 aromatic heterocycles. The van der Waals surface area contributed by atoms with Gasteiger partial charge in [-0.1, -0.05) is 18.2 Å². The van der Waals surface area contributed by atoms with Gasteiger partial charge in [0.05, 0.1) is 24.7 Å². The first-order chi connectivity index (χ1) is 10.7. The highest BCUT2D eigenvalue weighted by Crippen LogP contribution is 2.14. The first-order valence-electron chi connectivity index (χ1n) is 6.47. The van der Waals surface area contributed by atoms with Crippen LogP contribution in [0.25, 0.3) is 0 Å². The third-order valence-corrected chi connectivity index (χ3v) is 3.55. The van der Waals surface area contributed by atoms with Crippen LogP contribution in [0.2, 0.25) is 0 Å². The number of hydrazone groups is 1. The maximum atomic E-state index is 11.7. The van der Waals surface area contributed by atoms with Crippen molar-refractivity contribution in [2.75, 3.05) is 13.7 Å². The average molecular weight is 317 g/mol. The molecule has 0 spiro atoms. The summed E-state index contributed by atoms with van der Waals surface area (Å²) >= 11 is 1.31. The summed E-state index contributed by atoms with van der Waals surface area (Å²) in [6.07, 6.45) is 1.48. The first kappa shape index (κ1) is 15.7. The molecule has 2 N–H and O–H groups in total. The molecular weight excluding hydrogens is 302 g/mol. The lowest BCUT2D eigenvalue weighted by molar-refractivity contribution is -0.120. The number of nitrogens with one attached hydrogen (secondary N) is 2. The minimum Gasteiger partial charge on any atom is -0.496 e. The van der Waals surface area contributed by atoms with Gasteiger partial charge in [0.15, 0.2) is 0 Å². The summed E-state index contributed by atoms with van der Waals surface area (Å²) in [4.78, 5) is 23.8. The summed E-state index contributed by atoms with van der Waals surface area (Å²) in [5.41, 5.74) is 3.09. The number of hydrogen-bond acceptors (Lipinski definition) is 5. The van der Waals surface area contributed by atoms with Gasteiger partial charge >= 0.3 is 0 Å². The molecule has 0 fully saturated rings. The van der Waals surface area contributed by atoms with Crippen LogP contribution < -0.4 is 15.5 Å². The Hall–Kier alpha value is -2.67. The SMILES string of the molecule is COc1ccccc1/C=N/NC(=O)CNC(=O)c1cccs1. The maximum Gasteiger partial charge on any atom is 0.261 e.